The number of carbonyl (C=O) groups excluding carboxylic acids is 2. The standard InChI is InChI=1S/C24H30N2O4S/c1-16(2)31(29,30)22-11-6-5-10-20(22)23(27)25-21-13-12-19(15-17(21)3)24(28)26-14-8-7-9-18(26)4/h5-6,10-13,15-16,18H,7-9,14H2,1-4H3,(H,25,27). The van der Waals surface area contributed by atoms with Gasteiger partial charge in [-0.3, -0.25) is 9.59 Å². The number of sulfone groups is 1. The summed E-state index contributed by atoms with van der Waals surface area (Å²) in [4.78, 5) is 27.7. The lowest BCUT2D eigenvalue weighted by Gasteiger charge is -2.33. The molecule has 1 aliphatic rings. The summed E-state index contributed by atoms with van der Waals surface area (Å²) in [5.41, 5.74) is 1.99. The maximum Gasteiger partial charge on any atom is 0.256 e. The predicted octanol–water partition coefficient (Wildman–Crippen LogP) is 4.44. The molecular formula is C24H30N2O4S. The predicted molar refractivity (Wildman–Crippen MR) is 122 cm³/mol. The van der Waals surface area contributed by atoms with Gasteiger partial charge in [-0.2, -0.15) is 0 Å². The van der Waals surface area contributed by atoms with Crippen molar-refractivity contribution in [3.63, 3.8) is 0 Å². The molecule has 0 saturated carbocycles. The smallest absolute Gasteiger partial charge is 0.256 e. The van der Waals surface area contributed by atoms with Crippen LogP contribution in [0.2, 0.25) is 0 Å². The van der Waals surface area contributed by atoms with E-state index in [4.69, 9.17) is 0 Å². The van der Waals surface area contributed by atoms with Crippen LogP contribution in [-0.2, 0) is 9.84 Å². The molecule has 31 heavy (non-hydrogen) atoms. The summed E-state index contributed by atoms with van der Waals surface area (Å²) in [5.74, 6) is -0.492. The number of hydrogen-bond acceptors (Lipinski definition) is 4. The number of amides is 2. The van der Waals surface area contributed by atoms with Gasteiger partial charge in [-0.1, -0.05) is 12.1 Å². The Hall–Kier alpha value is -2.67. The molecule has 0 aliphatic carbocycles. The topological polar surface area (TPSA) is 83.6 Å². The first-order chi connectivity index (χ1) is 14.6. The molecule has 1 N–H and O–H groups in total. The third-order valence-corrected chi connectivity index (χ3v) is 8.05. The molecule has 2 amide bonds. The third kappa shape index (κ3) is 4.82. The zero-order valence-electron chi connectivity index (χ0n) is 18.5. The normalized spacial score (nSPS) is 16.9. The first-order valence-electron chi connectivity index (χ1n) is 10.7. The van der Waals surface area contributed by atoms with Crippen LogP contribution >= 0.6 is 0 Å². The van der Waals surface area contributed by atoms with E-state index in [2.05, 4.69) is 12.2 Å². The quantitative estimate of drug-likeness (QED) is 0.742. The van der Waals surface area contributed by atoms with Gasteiger partial charge in [0.05, 0.1) is 15.7 Å². The van der Waals surface area contributed by atoms with Gasteiger partial charge in [-0.25, -0.2) is 8.42 Å². The second kappa shape index (κ2) is 9.22. The molecule has 7 heteroatoms. The fourth-order valence-corrected chi connectivity index (χ4v) is 5.09. The van der Waals surface area contributed by atoms with E-state index in [9.17, 15) is 18.0 Å². The molecule has 1 fully saturated rings. The van der Waals surface area contributed by atoms with Gasteiger partial charge in [0.1, 0.15) is 0 Å². The SMILES string of the molecule is Cc1cc(C(=O)N2CCCCC2C)ccc1NC(=O)c1ccccc1S(=O)(=O)C(C)C. The highest BCUT2D eigenvalue weighted by atomic mass is 32.2. The van der Waals surface area contributed by atoms with Gasteiger partial charge in [-0.15, -0.1) is 0 Å². The van der Waals surface area contributed by atoms with E-state index in [0.717, 1.165) is 31.4 Å². The van der Waals surface area contributed by atoms with Crippen molar-refractivity contribution in [2.45, 2.75) is 63.1 Å². The van der Waals surface area contributed by atoms with Gasteiger partial charge < -0.3 is 10.2 Å². The van der Waals surface area contributed by atoms with Crippen LogP contribution in [0.4, 0.5) is 5.69 Å². The second-order valence-corrected chi connectivity index (χ2v) is 10.9. The van der Waals surface area contributed by atoms with E-state index in [1.807, 2.05) is 11.8 Å². The molecule has 2 aromatic rings. The number of benzene rings is 2. The minimum atomic E-state index is -3.60. The number of piperidine rings is 1. The Morgan fingerprint density at radius 1 is 1.10 bits per heavy atom. The number of likely N-dealkylation sites (tertiary alicyclic amines) is 1. The minimum absolute atomic E-state index is 0.00143. The van der Waals surface area contributed by atoms with Crippen molar-refractivity contribution >= 4 is 27.3 Å². The van der Waals surface area contributed by atoms with E-state index in [1.54, 1.807) is 44.2 Å². The Kier molecular flexibility index (Phi) is 6.84. The molecule has 0 radical (unpaired) electrons. The maximum absolute atomic E-state index is 12.9. The highest BCUT2D eigenvalue weighted by Crippen LogP contribution is 2.25. The van der Waals surface area contributed by atoms with Crippen LogP contribution in [0.15, 0.2) is 47.4 Å². The van der Waals surface area contributed by atoms with Crippen LogP contribution in [0.25, 0.3) is 0 Å². The van der Waals surface area contributed by atoms with Crippen molar-refractivity contribution in [2.24, 2.45) is 0 Å². The molecule has 166 valence electrons. The number of rotatable bonds is 5. The fraction of sp³-hybridized carbons (Fsp3) is 0.417. The van der Waals surface area contributed by atoms with E-state index in [1.165, 1.54) is 12.1 Å². The lowest BCUT2D eigenvalue weighted by Crippen LogP contribution is -2.42. The summed E-state index contributed by atoms with van der Waals surface area (Å²) >= 11 is 0. The summed E-state index contributed by atoms with van der Waals surface area (Å²) < 4.78 is 25.3. The van der Waals surface area contributed by atoms with Crippen LogP contribution < -0.4 is 5.32 Å². The average Bonchev–Trinajstić information content (AvgIpc) is 2.74. The fourth-order valence-electron chi connectivity index (χ4n) is 3.85. The Morgan fingerprint density at radius 3 is 2.45 bits per heavy atom. The Bertz CT molecular complexity index is 1090. The van der Waals surface area contributed by atoms with Crippen molar-refractivity contribution in [3.05, 3.63) is 59.2 Å². The van der Waals surface area contributed by atoms with Gasteiger partial charge in [0, 0.05) is 23.8 Å². The number of hydrogen-bond donors (Lipinski definition) is 1. The monoisotopic (exact) mass is 442 g/mol. The zero-order valence-corrected chi connectivity index (χ0v) is 19.3. The number of nitrogens with zero attached hydrogens (tertiary/aromatic N) is 1. The zero-order chi connectivity index (χ0) is 22.8. The van der Waals surface area contributed by atoms with Crippen LogP contribution in [0, 0.1) is 6.92 Å². The highest BCUT2D eigenvalue weighted by molar-refractivity contribution is 7.92. The van der Waals surface area contributed by atoms with Crippen molar-refractivity contribution in [1.82, 2.24) is 4.90 Å². The van der Waals surface area contributed by atoms with Crippen molar-refractivity contribution in [3.8, 4) is 0 Å². The Labute approximate surface area is 184 Å². The molecule has 0 aromatic heterocycles. The largest absolute Gasteiger partial charge is 0.336 e. The van der Waals surface area contributed by atoms with Gasteiger partial charge in [0.25, 0.3) is 11.8 Å². The maximum atomic E-state index is 12.9. The molecule has 1 saturated heterocycles. The van der Waals surface area contributed by atoms with Gasteiger partial charge in [0.2, 0.25) is 0 Å². The lowest BCUT2D eigenvalue weighted by molar-refractivity contribution is 0.0635. The summed E-state index contributed by atoms with van der Waals surface area (Å²) in [6.45, 7) is 7.84. The molecule has 1 unspecified atom stereocenters. The average molecular weight is 443 g/mol. The molecule has 0 bridgehead atoms. The highest BCUT2D eigenvalue weighted by Gasteiger charge is 2.26. The third-order valence-electron chi connectivity index (χ3n) is 5.84. The summed E-state index contributed by atoms with van der Waals surface area (Å²) in [7, 11) is -3.60. The summed E-state index contributed by atoms with van der Waals surface area (Å²) in [6, 6.07) is 11.6. The molecule has 1 atom stereocenters. The summed E-state index contributed by atoms with van der Waals surface area (Å²) in [6.07, 6.45) is 3.17. The van der Waals surface area contributed by atoms with E-state index in [0.29, 0.717) is 11.3 Å². The number of anilines is 1. The molecule has 6 nitrogen and oxygen atoms in total. The van der Waals surface area contributed by atoms with Gasteiger partial charge >= 0.3 is 0 Å². The molecule has 1 aliphatic heterocycles. The molecule has 2 aromatic carbocycles. The molecule has 3 rings (SSSR count). The van der Waals surface area contributed by atoms with Crippen LogP contribution in [0.3, 0.4) is 0 Å². The molecule has 0 spiro atoms. The van der Waals surface area contributed by atoms with Crippen molar-refractivity contribution in [1.29, 1.82) is 0 Å². The van der Waals surface area contributed by atoms with Gasteiger partial charge in [-0.05, 0) is 82.9 Å². The first kappa shape index (κ1) is 23.0. The number of carbonyl (C=O) groups is 2. The Balaban J connectivity index is 1.83. The summed E-state index contributed by atoms with van der Waals surface area (Å²) in [5, 5.41) is 2.17. The minimum Gasteiger partial charge on any atom is -0.336 e. The van der Waals surface area contributed by atoms with Crippen LogP contribution in [0.1, 0.15) is 66.3 Å². The lowest BCUT2D eigenvalue weighted by atomic mass is 10.0. The second-order valence-electron chi connectivity index (χ2n) is 8.42. The Morgan fingerprint density at radius 2 is 1.81 bits per heavy atom. The van der Waals surface area contributed by atoms with Crippen molar-refractivity contribution in [2.75, 3.05) is 11.9 Å². The van der Waals surface area contributed by atoms with Crippen molar-refractivity contribution < 1.29 is 18.0 Å². The van der Waals surface area contributed by atoms with Gasteiger partial charge in [0.15, 0.2) is 9.84 Å². The van der Waals surface area contributed by atoms with Crippen LogP contribution in [-0.4, -0.2) is 43.0 Å². The van der Waals surface area contributed by atoms with E-state index >= 15 is 0 Å². The van der Waals surface area contributed by atoms with E-state index < -0.39 is 21.0 Å². The van der Waals surface area contributed by atoms with Crippen LogP contribution in [0.5, 0.6) is 0 Å². The molecule has 1 heterocycles. The first-order valence-corrected chi connectivity index (χ1v) is 12.2. The number of nitrogens with one attached hydrogen (secondary N) is 1. The number of aryl methyl sites for hydroxylation is 1. The van der Waals surface area contributed by atoms with E-state index in [-0.39, 0.29) is 22.4 Å². The molecular weight excluding hydrogens is 412 g/mol.